The molecule has 8 heavy (non-hydrogen) atoms. The highest BCUT2D eigenvalue weighted by Crippen LogP contribution is 2.02. The summed E-state index contributed by atoms with van der Waals surface area (Å²) in [6, 6.07) is -0.257. The molecule has 3 nitrogen and oxygen atoms in total. The Balaban J connectivity index is 3.71. The first-order valence-corrected chi connectivity index (χ1v) is 2.68. The Labute approximate surface area is 49.7 Å². The van der Waals surface area contributed by atoms with Gasteiger partial charge in [-0.25, -0.2) is 0 Å². The smallest absolute Gasteiger partial charge is 0.0888 e. The van der Waals surface area contributed by atoms with Gasteiger partial charge in [0.25, 0.3) is 0 Å². The maximum absolute atomic E-state index is 9.15. The van der Waals surface area contributed by atoms with Crippen LogP contribution in [-0.2, 0) is 0 Å². The normalized spacial score (nSPS) is 22.1. The van der Waals surface area contributed by atoms with Crippen LogP contribution in [0.15, 0.2) is 0 Å². The lowest BCUT2D eigenvalue weighted by molar-refractivity contribution is 0.0475. The number of hydrogen-bond donors (Lipinski definition) is 3. The quantitative estimate of drug-likeness (QED) is 0.437. The van der Waals surface area contributed by atoms with Crippen LogP contribution >= 0.6 is 0 Å². The molecule has 0 heterocycles. The Kier molecular flexibility index (Phi) is 2.40. The van der Waals surface area contributed by atoms with E-state index in [4.69, 9.17) is 16.6 Å². The predicted molar refractivity (Wildman–Crippen MR) is 33.3 cm³/mol. The van der Waals surface area contributed by atoms with Gasteiger partial charge in [0.05, 0.1) is 5.60 Å². The summed E-state index contributed by atoms with van der Waals surface area (Å²) in [4.78, 5) is 0. The minimum atomic E-state index is -0.903. The molecule has 0 aliphatic heterocycles. The summed E-state index contributed by atoms with van der Waals surface area (Å²) in [5.74, 6) is 0. The van der Waals surface area contributed by atoms with E-state index < -0.39 is 5.60 Å². The zero-order valence-corrected chi connectivity index (χ0v) is 5.39. The van der Waals surface area contributed by atoms with Crippen molar-refractivity contribution in [3.8, 4) is 0 Å². The molecule has 0 bridgehead atoms. The van der Waals surface area contributed by atoms with E-state index in [1.54, 1.807) is 13.8 Å². The number of rotatable bonds is 2. The largest absolute Gasteiger partial charge is 0.387 e. The second-order valence-electron chi connectivity index (χ2n) is 2.35. The van der Waals surface area contributed by atoms with E-state index in [-0.39, 0.29) is 12.6 Å². The van der Waals surface area contributed by atoms with Crippen LogP contribution in [0.3, 0.4) is 0 Å². The second kappa shape index (κ2) is 2.44. The third kappa shape index (κ3) is 1.78. The van der Waals surface area contributed by atoms with Crippen LogP contribution in [0, 0.1) is 0 Å². The molecule has 0 aromatic rings. The number of hydrogen-bond acceptors (Lipinski definition) is 3. The number of nitrogens with two attached hydrogens (primary N) is 2. The molecule has 0 amide bonds. The molecular weight excluding hydrogens is 104 g/mol. The van der Waals surface area contributed by atoms with E-state index in [0.717, 1.165) is 0 Å². The highest BCUT2D eigenvalue weighted by molar-refractivity contribution is 4.81. The lowest BCUT2D eigenvalue weighted by Gasteiger charge is -2.24. The van der Waals surface area contributed by atoms with Gasteiger partial charge in [-0.05, 0) is 13.8 Å². The van der Waals surface area contributed by atoms with Crippen LogP contribution in [0.1, 0.15) is 13.8 Å². The molecule has 0 rings (SSSR count). The molecular formula is C5H14N2O. The minimum absolute atomic E-state index is 0.213. The van der Waals surface area contributed by atoms with Gasteiger partial charge in [-0.3, -0.25) is 0 Å². The summed E-state index contributed by atoms with van der Waals surface area (Å²) < 4.78 is 0. The Morgan fingerprint density at radius 2 is 2.12 bits per heavy atom. The van der Waals surface area contributed by atoms with Gasteiger partial charge >= 0.3 is 0 Å². The first kappa shape index (κ1) is 7.88. The molecule has 0 aliphatic carbocycles. The molecule has 2 unspecified atom stereocenters. The van der Waals surface area contributed by atoms with Crippen LogP contribution < -0.4 is 11.5 Å². The molecule has 3 heteroatoms. The summed E-state index contributed by atoms with van der Waals surface area (Å²) in [6.45, 7) is 3.56. The van der Waals surface area contributed by atoms with Crippen molar-refractivity contribution < 1.29 is 5.11 Å². The van der Waals surface area contributed by atoms with E-state index in [2.05, 4.69) is 0 Å². The molecule has 0 saturated carbocycles. The van der Waals surface area contributed by atoms with Gasteiger partial charge in [-0.2, -0.15) is 0 Å². The topological polar surface area (TPSA) is 72.3 Å². The summed E-state index contributed by atoms with van der Waals surface area (Å²) in [5.41, 5.74) is 9.63. The second-order valence-corrected chi connectivity index (χ2v) is 2.35. The van der Waals surface area contributed by atoms with Gasteiger partial charge in [0, 0.05) is 12.6 Å². The Morgan fingerprint density at radius 1 is 1.75 bits per heavy atom. The van der Waals surface area contributed by atoms with Crippen LogP contribution in [0.5, 0.6) is 0 Å². The van der Waals surface area contributed by atoms with Crippen molar-refractivity contribution >= 4 is 0 Å². The summed E-state index contributed by atoms with van der Waals surface area (Å²) in [5, 5.41) is 9.15. The zero-order valence-electron chi connectivity index (χ0n) is 5.39. The fourth-order valence-electron chi connectivity index (χ4n) is 0.186. The SMILES string of the molecule is CC(N)C(C)(O)CN. The van der Waals surface area contributed by atoms with Crippen LogP contribution in [0.4, 0.5) is 0 Å². The first-order valence-electron chi connectivity index (χ1n) is 2.68. The van der Waals surface area contributed by atoms with Crippen molar-refractivity contribution in [1.29, 1.82) is 0 Å². The van der Waals surface area contributed by atoms with Crippen molar-refractivity contribution in [2.45, 2.75) is 25.5 Å². The molecule has 2 atom stereocenters. The van der Waals surface area contributed by atoms with E-state index in [1.165, 1.54) is 0 Å². The first-order chi connectivity index (χ1) is 3.50. The van der Waals surface area contributed by atoms with E-state index >= 15 is 0 Å². The summed E-state index contributed by atoms with van der Waals surface area (Å²) in [7, 11) is 0. The third-order valence-electron chi connectivity index (χ3n) is 1.39. The van der Waals surface area contributed by atoms with Gasteiger partial charge in [-0.1, -0.05) is 0 Å². The predicted octanol–water partition coefficient (Wildman–Crippen LogP) is -0.957. The number of aliphatic hydroxyl groups is 1. The molecule has 5 N–H and O–H groups in total. The van der Waals surface area contributed by atoms with E-state index in [0.29, 0.717) is 0 Å². The van der Waals surface area contributed by atoms with Crippen LogP contribution in [0.25, 0.3) is 0 Å². The molecule has 0 aromatic carbocycles. The highest BCUT2D eigenvalue weighted by Gasteiger charge is 2.22. The molecule has 0 spiro atoms. The van der Waals surface area contributed by atoms with Gasteiger partial charge in [-0.15, -0.1) is 0 Å². The Morgan fingerprint density at radius 3 is 2.12 bits per heavy atom. The van der Waals surface area contributed by atoms with Crippen molar-refractivity contribution in [3.63, 3.8) is 0 Å². The van der Waals surface area contributed by atoms with E-state index in [1.807, 2.05) is 0 Å². The lowest BCUT2D eigenvalue weighted by Crippen LogP contribution is -2.48. The monoisotopic (exact) mass is 118 g/mol. The highest BCUT2D eigenvalue weighted by atomic mass is 16.3. The molecule has 0 fully saturated rings. The van der Waals surface area contributed by atoms with Gasteiger partial charge < -0.3 is 16.6 Å². The fraction of sp³-hybridized carbons (Fsp3) is 1.00. The Bertz CT molecular complexity index is 70.8. The molecule has 0 saturated heterocycles. The van der Waals surface area contributed by atoms with Gasteiger partial charge in [0.2, 0.25) is 0 Å². The maximum atomic E-state index is 9.15. The average Bonchev–Trinajstić information content (AvgIpc) is 1.67. The molecule has 0 radical (unpaired) electrons. The zero-order chi connectivity index (χ0) is 6.78. The molecule has 0 aliphatic rings. The fourth-order valence-corrected chi connectivity index (χ4v) is 0.186. The maximum Gasteiger partial charge on any atom is 0.0888 e. The van der Waals surface area contributed by atoms with Gasteiger partial charge in [0.1, 0.15) is 0 Å². The standard InChI is InChI=1S/C5H14N2O/c1-4(7)5(2,8)3-6/h4,8H,3,6-7H2,1-2H3. The molecule has 50 valence electrons. The van der Waals surface area contributed by atoms with Crippen molar-refractivity contribution in [3.05, 3.63) is 0 Å². The summed E-state index contributed by atoms with van der Waals surface area (Å²) in [6.07, 6.45) is 0. The average molecular weight is 118 g/mol. The van der Waals surface area contributed by atoms with Crippen LogP contribution in [-0.4, -0.2) is 23.3 Å². The van der Waals surface area contributed by atoms with Crippen molar-refractivity contribution in [2.75, 3.05) is 6.54 Å². The Hall–Kier alpha value is -0.120. The third-order valence-corrected chi connectivity index (χ3v) is 1.39. The van der Waals surface area contributed by atoms with Crippen LogP contribution in [0.2, 0.25) is 0 Å². The lowest BCUT2D eigenvalue weighted by atomic mass is 10.00. The summed E-state index contributed by atoms with van der Waals surface area (Å²) >= 11 is 0. The van der Waals surface area contributed by atoms with E-state index in [9.17, 15) is 0 Å². The van der Waals surface area contributed by atoms with Crippen molar-refractivity contribution in [1.82, 2.24) is 0 Å². The van der Waals surface area contributed by atoms with Crippen molar-refractivity contribution in [2.24, 2.45) is 11.5 Å². The van der Waals surface area contributed by atoms with Gasteiger partial charge in [0.15, 0.2) is 0 Å². The minimum Gasteiger partial charge on any atom is -0.387 e. The molecule has 0 aromatic heterocycles.